The van der Waals surface area contributed by atoms with Crippen molar-refractivity contribution in [3.8, 4) is 0 Å². The van der Waals surface area contributed by atoms with Gasteiger partial charge in [0.2, 0.25) is 0 Å². The molecule has 0 fully saturated rings. The third-order valence-electron chi connectivity index (χ3n) is 1.79. The van der Waals surface area contributed by atoms with E-state index in [0.717, 1.165) is 0 Å². The summed E-state index contributed by atoms with van der Waals surface area (Å²) in [6, 6.07) is 7.20. The first-order chi connectivity index (χ1) is 4.22. The average molecular weight is 208 g/mol. The molecule has 10 heavy (non-hydrogen) atoms. The minimum Gasteiger partial charge on any atom is -0.180 e. The van der Waals surface area contributed by atoms with Crippen LogP contribution in [0.15, 0.2) is 12.1 Å². The van der Waals surface area contributed by atoms with Gasteiger partial charge in [-0.2, -0.15) is 34.9 Å². The van der Waals surface area contributed by atoms with Crippen LogP contribution in [0.2, 0.25) is 0 Å². The second-order valence-corrected chi connectivity index (χ2v) is 2.41. The van der Waals surface area contributed by atoms with Crippen LogP contribution in [0.3, 0.4) is 0 Å². The number of rotatable bonds is 0. The summed E-state index contributed by atoms with van der Waals surface area (Å²) < 4.78 is 0. The summed E-state index contributed by atoms with van der Waals surface area (Å²) in [6.07, 6.45) is 0. The van der Waals surface area contributed by atoms with Crippen LogP contribution in [-0.2, 0) is 32.7 Å². The molecule has 1 radical (unpaired) electrons. The number of benzene rings is 1. The van der Waals surface area contributed by atoms with Crippen molar-refractivity contribution in [2.45, 2.75) is 20.8 Å². The second kappa shape index (κ2) is 4.25. The van der Waals surface area contributed by atoms with Gasteiger partial charge in [-0.15, -0.1) is 0 Å². The van der Waals surface area contributed by atoms with E-state index in [4.69, 9.17) is 0 Å². The molecule has 0 saturated carbocycles. The molecule has 0 amide bonds. The molecule has 51 valence electrons. The molecule has 0 spiro atoms. The maximum atomic E-state index is 3.14. The van der Waals surface area contributed by atoms with E-state index < -0.39 is 0 Å². The summed E-state index contributed by atoms with van der Waals surface area (Å²) in [5.74, 6) is 0. The molecule has 0 unspecified atom stereocenters. The molecule has 0 atom stereocenters. The molecule has 0 aliphatic carbocycles. The van der Waals surface area contributed by atoms with Crippen LogP contribution in [0.1, 0.15) is 16.7 Å². The van der Waals surface area contributed by atoms with Gasteiger partial charge in [0.25, 0.3) is 0 Å². The van der Waals surface area contributed by atoms with Gasteiger partial charge < -0.3 is 0 Å². The summed E-state index contributed by atoms with van der Waals surface area (Å²) in [4.78, 5) is 0. The van der Waals surface area contributed by atoms with Crippen LogP contribution in [0.25, 0.3) is 0 Å². The van der Waals surface area contributed by atoms with E-state index in [1.165, 1.54) is 16.7 Å². The largest absolute Gasteiger partial charge is 0.180 e. The van der Waals surface area contributed by atoms with Crippen molar-refractivity contribution in [1.29, 1.82) is 0 Å². The molecule has 0 heterocycles. The van der Waals surface area contributed by atoms with Crippen LogP contribution in [-0.4, -0.2) is 0 Å². The number of aryl methyl sites for hydroxylation is 2. The molecular formula is C9H11Y-. The third-order valence-corrected chi connectivity index (χ3v) is 1.79. The van der Waals surface area contributed by atoms with Crippen LogP contribution < -0.4 is 0 Å². The smallest absolute Gasteiger partial charge is 0 e. The molecule has 1 heteroatoms. The predicted octanol–water partition coefficient (Wildman–Crippen LogP) is 2.41. The molecule has 0 aromatic heterocycles. The summed E-state index contributed by atoms with van der Waals surface area (Å²) in [5, 5.41) is 0. The van der Waals surface area contributed by atoms with E-state index in [2.05, 4.69) is 32.9 Å². The quantitative estimate of drug-likeness (QED) is 0.574. The Morgan fingerprint density at radius 2 is 1.80 bits per heavy atom. The summed E-state index contributed by atoms with van der Waals surface area (Å²) in [7, 11) is 0. The Bertz CT molecular complexity index is 196. The average Bonchev–Trinajstić information content (AvgIpc) is 1.83. The van der Waals surface area contributed by atoms with Crippen LogP contribution in [0, 0.1) is 26.8 Å². The van der Waals surface area contributed by atoms with Gasteiger partial charge in [-0.1, -0.05) is 20.8 Å². The van der Waals surface area contributed by atoms with Gasteiger partial charge in [0.05, 0.1) is 0 Å². The van der Waals surface area contributed by atoms with Gasteiger partial charge in [-0.25, -0.2) is 0 Å². The topological polar surface area (TPSA) is 0 Å². The Hall–Kier alpha value is 0.324. The monoisotopic (exact) mass is 208 g/mol. The molecule has 0 N–H and O–H groups in total. The fourth-order valence-corrected chi connectivity index (χ4v) is 0.821. The van der Waals surface area contributed by atoms with Crippen LogP contribution in [0.5, 0.6) is 0 Å². The van der Waals surface area contributed by atoms with Gasteiger partial charge in [0.1, 0.15) is 0 Å². The molecular weight excluding hydrogens is 197 g/mol. The Morgan fingerprint density at radius 3 is 2.20 bits per heavy atom. The van der Waals surface area contributed by atoms with Crippen LogP contribution in [0.4, 0.5) is 0 Å². The summed E-state index contributed by atoms with van der Waals surface area (Å²) in [5.41, 5.74) is 3.97. The van der Waals surface area contributed by atoms with E-state index in [9.17, 15) is 0 Å². The Labute approximate surface area is 87.9 Å². The van der Waals surface area contributed by atoms with Crippen molar-refractivity contribution in [1.82, 2.24) is 0 Å². The Morgan fingerprint density at radius 1 is 1.20 bits per heavy atom. The third kappa shape index (κ3) is 2.18. The van der Waals surface area contributed by atoms with Crippen LogP contribution >= 0.6 is 0 Å². The second-order valence-electron chi connectivity index (χ2n) is 2.41. The van der Waals surface area contributed by atoms with E-state index in [0.29, 0.717) is 0 Å². The van der Waals surface area contributed by atoms with Crippen molar-refractivity contribution in [2.24, 2.45) is 0 Å². The van der Waals surface area contributed by atoms with E-state index in [1.807, 2.05) is 6.07 Å². The molecule has 0 aliphatic heterocycles. The molecule has 0 nitrogen and oxygen atoms in total. The van der Waals surface area contributed by atoms with Crippen molar-refractivity contribution >= 4 is 0 Å². The summed E-state index contributed by atoms with van der Waals surface area (Å²) >= 11 is 0. The molecule has 0 aliphatic rings. The van der Waals surface area contributed by atoms with E-state index >= 15 is 0 Å². The van der Waals surface area contributed by atoms with Gasteiger partial charge in [0, 0.05) is 32.7 Å². The van der Waals surface area contributed by atoms with Crippen molar-refractivity contribution in [3.05, 3.63) is 34.9 Å². The first kappa shape index (κ1) is 10.3. The van der Waals surface area contributed by atoms with Crippen molar-refractivity contribution in [3.63, 3.8) is 0 Å². The predicted molar refractivity (Wildman–Crippen MR) is 39.5 cm³/mol. The minimum atomic E-state index is 0. The molecule has 0 saturated heterocycles. The first-order valence-electron chi connectivity index (χ1n) is 3.16. The molecule has 0 bridgehead atoms. The Kier molecular flexibility index (Phi) is 4.39. The van der Waals surface area contributed by atoms with Crippen molar-refractivity contribution in [2.75, 3.05) is 0 Å². The summed E-state index contributed by atoms with van der Waals surface area (Å²) in [6.45, 7) is 6.33. The zero-order chi connectivity index (χ0) is 6.85. The zero-order valence-electron chi connectivity index (χ0n) is 6.73. The van der Waals surface area contributed by atoms with Gasteiger partial charge in [-0.05, 0) is 0 Å². The Balaban J connectivity index is 0.000000810. The fraction of sp³-hybridized carbons (Fsp3) is 0.333. The number of hydrogen-bond donors (Lipinski definition) is 0. The van der Waals surface area contributed by atoms with E-state index in [-0.39, 0.29) is 32.7 Å². The maximum Gasteiger partial charge on any atom is 0 e. The standard InChI is InChI=1S/C9H11.Y/c1-7-5-4-6-8(2)9(7)3;/h4-5H,1-3H3;/q-1;. The zero-order valence-corrected chi connectivity index (χ0v) is 9.57. The number of hydrogen-bond acceptors (Lipinski definition) is 0. The molecule has 1 aromatic carbocycles. The first-order valence-corrected chi connectivity index (χ1v) is 3.16. The van der Waals surface area contributed by atoms with Gasteiger partial charge in [0.15, 0.2) is 0 Å². The molecule has 1 aromatic rings. The molecule has 1 rings (SSSR count). The van der Waals surface area contributed by atoms with Gasteiger partial charge in [-0.3, -0.25) is 0 Å². The normalized spacial score (nSPS) is 8.70. The van der Waals surface area contributed by atoms with E-state index in [1.54, 1.807) is 0 Å². The fourth-order valence-electron chi connectivity index (χ4n) is 0.821. The SMILES string of the molecule is Cc1[c-]ccc(C)c1C.[Y]. The minimum absolute atomic E-state index is 0. The van der Waals surface area contributed by atoms with Crippen molar-refractivity contribution < 1.29 is 32.7 Å². The maximum absolute atomic E-state index is 3.14. The van der Waals surface area contributed by atoms with Gasteiger partial charge >= 0.3 is 0 Å².